The Balaban J connectivity index is 2.30. The highest BCUT2D eigenvalue weighted by Crippen LogP contribution is 2.36. The van der Waals surface area contributed by atoms with Gasteiger partial charge in [0.2, 0.25) is 0 Å². The highest BCUT2D eigenvalue weighted by atomic mass is 32.2. The maximum atomic E-state index is 12.9. The van der Waals surface area contributed by atoms with Crippen LogP contribution in [0.2, 0.25) is 0 Å². The molecule has 2 heterocycles. The molecule has 0 aliphatic heterocycles. The second-order valence-corrected chi connectivity index (χ2v) is 10.0. The molecular formula is C17H22F3N5O4S2. The van der Waals surface area contributed by atoms with Crippen molar-refractivity contribution < 1.29 is 31.1 Å². The van der Waals surface area contributed by atoms with Gasteiger partial charge < -0.3 is 4.74 Å². The quantitative estimate of drug-likeness (QED) is 0.697. The van der Waals surface area contributed by atoms with Crippen LogP contribution in [-0.2, 0) is 35.0 Å². The van der Waals surface area contributed by atoms with Crippen molar-refractivity contribution in [3.63, 3.8) is 0 Å². The van der Waals surface area contributed by atoms with Gasteiger partial charge in [0.15, 0.2) is 5.69 Å². The molecule has 0 fully saturated rings. The third-order valence-corrected chi connectivity index (χ3v) is 5.80. The van der Waals surface area contributed by atoms with Crippen molar-refractivity contribution in [1.29, 1.82) is 0 Å². The van der Waals surface area contributed by atoms with E-state index in [2.05, 4.69) is 10.2 Å². The molecule has 0 aliphatic rings. The van der Waals surface area contributed by atoms with E-state index in [0.29, 0.717) is 16.3 Å². The van der Waals surface area contributed by atoms with Gasteiger partial charge in [-0.15, -0.1) is 0 Å². The minimum absolute atomic E-state index is 0.180. The third-order valence-electron chi connectivity index (χ3n) is 3.58. The van der Waals surface area contributed by atoms with Gasteiger partial charge in [-0.2, -0.15) is 23.4 Å². The van der Waals surface area contributed by atoms with E-state index in [4.69, 9.17) is 4.74 Å². The number of aryl methyl sites for hydroxylation is 3. The number of carbonyl (C=O) groups excluding carboxylic acids is 1. The second-order valence-electron chi connectivity index (χ2n) is 7.47. The summed E-state index contributed by atoms with van der Waals surface area (Å²) in [5.74, 6) is 0. The van der Waals surface area contributed by atoms with Gasteiger partial charge in [-0.05, 0) is 33.8 Å². The Bertz CT molecular complexity index is 1110. The Hall–Kier alpha value is -2.48. The zero-order valence-electron chi connectivity index (χ0n) is 17.6. The van der Waals surface area contributed by atoms with Gasteiger partial charge in [0.1, 0.15) is 15.7 Å². The van der Waals surface area contributed by atoms with E-state index in [1.165, 1.54) is 17.8 Å². The summed E-state index contributed by atoms with van der Waals surface area (Å²) in [6.45, 7) is 6.36. The van der Waals surface area contributed by atoms with Crippen LogP contribution in [0.15, 0.2) is 21.5 Å². The SMILES string of the molecule is Cc1nn(C)c(Sc2cc(C(F)(F)F)nn2C)c1/C=C/S(=O)(=O)NC(=O)OC(C)(C)C. The lowest BCUT2D eigenvalue weighted by molar-refractivity contribution is -0.141. The number of sulfonamides is 1. The highest BCUT2D eigenvalue weighted by molar-refractivity contribution is 7.99. The summed E-state index contributed by atoms with van der Waals surface area (Å²) in [6.07, 6.45) is -4.52. The number of alkyl halides is 3. The van der Waals surface area contributed by atoms with Gasteiger partial charge in [0.25, 0.3) is 10.0 Å². The topological polar surface area (TPSA) is 108 Å². The first-order valence-electron chi connectivity index (χ1n) is 8.75. The number of hydrogen-bond acceptors (Lipinski definition) is 7. The summed E-state index contributed by atoms with van der Waals surface area (Å²) < 4.78 is 72.3. The van der Waals surface area contributed by atoms with Gasteiger partial charge in [0, 0.05) is 25.7 Å². The molecule has 0 bridgehead atoms. The molecule has 9 nitrogen and oxygen atoms in total. The Morgan fingerprint density at radius 3 is 2.32 bits per heavy atom. The Morgan fingerprint density at radius 2 is 1.81 bits per heavy atom. The lowest BCUT2D eigenvalue weighted by atomic mass is 10.2. The van der Waals surface area contributed by atoms with Crippen molar-refractivity contribution in [2.45, 2.75) is 49.5 Å². The molecule has 0 saturated heterocycles. The van der Waals surface area contributed by atoms with E-state index < -0.39 is 33.6 Å². The summed E-state index contributed by atoms with van der Waals surface area (Å²) in [7, 11) is -1.25. The van der Waals surface area contributed by atoms with Crippen molar-refractivity contribution in [2.75, 3.05) is 0 Å². The number of halogens is 3. The van der Waals surface area contributed by atoms with Crippen LogP contribution in [0.4, 0.5) is 18.0 Å². The molecule has 0 unspecified atom stereocenters. The molecule has 0 atom stereocenters. The number of rotatable bonds is 5. The summed E-state index contributed by atoms with van der Waals surface area (Å²) in [6, 6.07) is 0.890. The van der Waals surface area contributed by atoms with Crippen LogP contribution < -0.4 is 4.72 Å². The number of hydrogen-bond donors (Lipinski definition) is 1. The zero-order chi connectivity index (χ0) is 23.8. The van der Waals surface area contributed by atoms with Crippen LogP contribution in [-0.4, -0.2) is 39.7 Å². The standard InChI is InChI=1S/C17H22F3N5O4S2/c1-10-11(7-8-31(27,28)23-15(26)29-16(2,3)4)14(25(6)21-10)30-13-9-12(17(18,19)20)22-24(13)5/h7-9H,1-6H3,(H,23,26)/b8-7+. The van der Waals surface area contributed by atoms with Gasteiger partial charge in [-0.25, -0.2) is 17.9 Å². The number of ether oxygens (including phenoxy) is 1. The van der Waals surface area contributed by atoms with Gasteiger partial charge in [0.05, 0.1) is 11.1 Å². The van der Waals surface area contributed by atoms with Crippen LogP contribution in [0.1, 0.15) is 37.7 Å². The molecule has 0 aromatic carbocycles. The molecule has 0 saturated carbocycles. The van der Waals surface area contributed by atoms with Crippen LogP contribution in [0.5, 0.6) is 0 Å². The highest BCUT2D eigenvalue weighted by Gasteiger charge is 2.35. The predicted octanol–water partition coefficient (Wildman–Crippen LogP) is 3.46. The molecular weight excluding hydrogens is 459 g/mol. The summed E-state index contributed by atoms with van der Waals surface area (Å²) in [5, 5.41) is 8.97. The lowest BCUT2D eigenvalue weighted by Gasteiger charge is -2.19. The molecule has 31 heavy (non-hydrogen) atoms. The molecule has 1 amide bonds. The molecule has 0 radical (unpaired) electrons. The smallest absolute Gasteiger partial charge is 0.435 e. The first-order valence-corrected chi connectivity index (χ1v) is 11.1. The summed E-state index contributed by atoms with van der Waals surface area (Å²) >= 11 is 0.940. The maximum absolute atomic E-state index is 12.9. The van der Waals surface area contributed by atoms with Crippen molar-refractivity contribution >= 4 is 34.0 Å². The van der Waals surface area contributed by atoms with Crippen LogP contribution in [0, 0.1) is 6.92 Å². The minimum atomic E-state index is -4.59. The first-order chi connectivity index (χ1) is 14.0. The molecule has 1 N–H and O–H groups in total. The average molecular weight is 482 g/mol. The maximum Gasteiger partial charge on any atom is 0.435 e. The Kier molecular flexibility index (Phi) is 6.85. The van der Waals surface area contributed by atoms with Crippen LogP contribution >= 0.6 is 11.8 Å². The van der Waals surface area contributed by atoms with Gasteiger partial charge >= 0.3 is 12.3 Å². The molecule has 2 aromatic heterocycles. The lowest BCUT2D eigenvalue weighted by Crippen LogP contribution is -2.35. The van der Waals surface area contributed by atoms with E-state index in [1.54, 1.807) is 39.5 Å². The largest absolute Gasteiger partial charge is 0.443 e. The minimum Gasteiger partial charge on any atom is -0.443 e. The molecule has 0 spiro atoms. The number of nitrogens with one attached hydrogen (secondary N) is 1. The molecule has 2 rings (SSSR count). The summed E-state index contributed by atoms with van der Waals surface area (Å²) in [5.41, 5.74) is -1.13. The van der Waals surface area contributed by atoms with E-state index >= 15 is 0 Å². The fourth-order valence-corrected chi connectivity index (χ4v) is 4.05. The summed E-state index contributed by atoms with van der Waals surface area (Å²) in [4.78, 5) is 11.7. The van der Waals surface area contributed by atoms with E-state index in [1.807, 2.05) is 0 Å². The normalized spacial score (nSPS) is 13.1. The first kappa shape index (κ1) is 24.8. The number of carbonyl (C=O) groups is 1. The average Bonchev–Trinajstić information content (AvgIpc) is 3.04. The van der Waals surface area contributed by atoms with E-state index in [-0.39, 0.29) is 5.03 Å². The van der Waals surface area contributed by atoms with E-state index in [0.717, 1.165) is 27.9 Å². The van der Waals surface area contributed by atoms with E-state index in [9.17, 15) is 26.4 Å². The zero-order valence-corrected chi connectivity index (χ0v) is 19.2. The molecule has 2 aromatic rings. The monoisotopic (exact) mass is 481 g/mol. The fraction of sp³-hybridized carbons (Fsp3) is 0.471. The predicted molar refractivity (Wildman–Crippen MR) is 108 cm³/mol. The van der Waals surface area contributed by atoms with Gasteiger partial charge in [-0.1, -0.05) is 11.8 Å². The van der Waals surface area contributed by atoms with Crippen LogP contribution in [0.3, 0.4) is 0 Å². The Labute approximate surface area is 181 Å². The molecule has 172 valence electrons. The van der Waals surface area contributed by atoms with Crippen molar-refractivity contribution in [2.24, 2.45) is 14.1 Å². The molecule has 14 heteroatoms. The Morgan fingerprint density at radius 1 is 1.19 bits per heavy atom. The fourth-order valence-electron chi connectivity index (χ4n) is 2.36. The third kappa shape index (κ3) is 6.75. The molecule has 0 aliphatic carbocycles. The number of aromatic nitrogens is 4. The van der Waals surface area contributed by atoms with Crippen molar-refractivity contribution in [3.05, 3.63) is 28.4 Å². The van der Waals surface area contributed by atoms with Crippen molar-refractivity contribution in [3.8, 4) is 0 Å². The van der Waals surface area contributed by atoms with Crippen molar-refractivity contribution in [1.82, 2.24) is 24.3 Å². The second kappa shape index (κ2) is 8.57. The number of nitrogens with zero attached hydrogens (tertiary/aromatic N) is 4. The van der Waals surface area contributed by atoms with Crippen LogP contribution in [0.25, 0.3) is 6.08 Å². The van der Waals surface area contributed by atoms with Gasteiger partial charge in [-0.3, -0.25) is 9.36 Å². The number of amides is 1.